The van der Waals surface area contributed by atoms with Gasteiger partial charge in [0.1, 0.15) is 9.88 Å². The number of rotatable bonds is 4. The molecule has 0 N–H and O–H groups in total. The van der Waals surface area contributed by atoms with Crippen LogP contribution < -0.4 is 0 Å². The monoisotopic (exact) mass is 296 g/mol. The average molecular weight is 296 g/mol. The number of methoxy groups -OCH3 is 1. The maximum atomic E-state index is 11.2. The van der Waals surface area contributed by atoms with Crippen molar-refractivity contribution in [1.82, 2.24) is 4.98 Å². The van der Waals surface area contributed by atoms with E-state index in [1.807, 2.05) is 0 Å². The molecule has 98 valence electrons. The summed E-state index contributed by atoms with van der Waals surface area (Å²) in [7, 11) is 1.31. The van der Waals surface area contributed by atoms with Crippen LogP contribution in [0.3, 0.4) is 0 Å². The first-order valence-corrected chi connectivity index (χ1v) is 6.75. The van der Waals surface area contributed by atoms with Gasteiger partial charge in [-0.15, -0.1) is 11.3 Å². The molecule has 0 aliphatic rings. The second-order valence-electron chi connectivity index (χ2n) is 3.36. The normalized spacial score (nSPS) is 10.8. The van der Waals surface area contributed by atoms with Gasteiger partial charge in [0.25, 0.3) is 0 Å². The van der Waals surface area contributed by atoms with Crippen molar-refractivity contribution >= 4 is 45.8 Å². The van der Waals surface area contributed by atoms with Crippen molar-refractivity contribution in [3.05, 3.63) is 43.2 Å². The molecule has 2 aromatic rings. The van der Waals surface area contributed by atoms with E-state index in [9.17, 15) is 14.9 Å². The summed E-state index contributed by atoms with van der Waals surface area (Å²) < 4.78 is 4.58. The van der Waals surface area contributed by atoms with Crippen molar-refractivity contribution < 1.29 is 14.5 Å². The van der Waals surface area contributed by atoms with E-state index < -0.39 is 10.9 Å². The third-order valence-electron chi connectivity index (χ3n) is 2.11. The van der Waals surface area contributed by atoms with Crippen molar-refractivity contribution in [2.45, 2.75) is 0 Å². The minimum Gasteiger partial charge on any atom is -0.465 e. The van der Waals surface area contributed by atoms with Gasteiger partial charge in [0.05, 0.1) is 18.2 Å². The minimum atomic E-state index is -0.430. The Hall–Kier alpha value is -2.06. The lowest BCUT2D eigenvalue weighted by molar-refractivity contribution is -0.380. The van der Waals surface area contributed by atoms with Gasteiger partial charge in [-0.3, -0.25) is 10.1 Å². The zero-order chi connectivity index (χ0) is 13.8. The van der Waals surface area contributed by atoms with Crippen LogP contribution in [0.5, 0.6) is 0 Å². The maximum Gasteiger partial charge on any atom is 0.349 e. The number of carbonyl (C=O) groups is 1. The first kappa shape index (κ1) is 13.4. The van der Waals surface area contributed by atoms with Crippen LogP contribution in [-0.2, 0) is 4.74 Å². The smallest absolute Gasteiger partial charge is 0.349 e. The fraction of sp³-hybridized carbons (Fsp3) is 0.0909. The molecule has 0 saturated carbocycles. The Kier molecular flexibility index (Phi) is 4.03. The molecule has 2 heterocycles. The number of nitrogens with zero attached hydrogens (tertiary/aromatic N) is 2. The molecule has 0 amide bonds. The zero-order valence-electron chi connectivity index (χ0n) is 9.73. The second-order valence-corrected chi connectivity index (χ2v) is 5.31. The van der Waals surface area contributed by atoms with Crippen LogP contribution in [0.2, 0.25) is 0 Å². The summed E-state index contributed by atoms with van der Waals surface area (Å²) in [6.45, 7) is 0. The summed E-state index contributed by atoms with van der Waals surface area (Å²) in [6, 6.07) is 1.48. The molecule has 0 atom stereocenters. The Morgan fingerprint density at radius 3 is 2.95 bits per heavy atom. The summed E-state index contributed by atoms with van der Waals surface area (Å²) in [4.78, 5) is 25.8. The molecule has 0 spiro atoms. The minimum absolute atomic E-state index is 0.0917. The highest BCUT2D eigenvalue weighted by Gasteiger charge is 2.10. The SMILES string of the molecule is COC(=O)c1cnc(/C=C\c2csc([N+](=O)[O-])c2)s1. The number of carbonyl (C=O) groups excluding carboxylic acids is 1. The lowest BCUT2D eigenvalue weighted by Crippen LogP contribution is -1.96. The lowest BCUT2D eigenvalue weighted by atomic mass is 10.3. The van der Waals surface area contributed by atoms with Crippen LogP contribution in [-0.4, -0.2) is 23.0 Å². The van der Waals surface area contributed by atoms with Gasteiger partial charge in [-0.05, 0) is 11.6 Å². The molecule has 2 aromatic heterocycles. The topological polar surface area (TPSA) is 82.3 Å². The Bertz CT molecular complexity index is 645. The molecular formula is C11H8N2O4S2. The van der Waals surface area contributed by atoms with Crippen molar-refractivity contribution in [3.8, 4) is 0 Å². The molecule has 0 unspecified atom stereocenters. The summed E-state index contributed by atoms with van der Waals surface area (Å²) in [5.41, 5.74) is 0.728. The number of hydrogen-bond donors (Lipinski definition) is 0. The van der Waals surface area contributed by atoms with E-state index in [0.29, 0.717) is 9.88 Å². The first-order valence-electron chi connectivity index (χ1n) is 5.05. The summed E-state index contributed by atoms with van der Waals surface area (Å²) in [6.07, 6.45) is 4.85. The van der Waals surface area contributed by atoms with E-state index in [-0.39, 0.29) is 5.00 Å². The fourth-order valence-electron chi connectivity index (χ4n) is 1.25. The van der Waals surface area contributed by atoms with Gasteiger partial charge in [0.15, 0.2) is 0 Å². The largest absolute Gasteiger partial charge is 0.465 e. The number of thiophene rings is 1. The zero-order valence-corrected chi connectivity index (χ0v) is 11.4. The molecule has 0 aliphatic heterocycles. The third-order valence-corrected chi connectivity index (χ3v) is 3.96. The van der Waals surface area contributed by atoms with Crippen LogP contribution in [0.25, 0.3) is 12.2 Å². The molecule has 2 rings (SSSR count). The van der Waals surface area contributed by atoms with Crippen molar-refractivity contribution in [1.29, 1.82) is 0 Å². The molecular weight excluding hydrogens is 288 g/mol. The Balaban J connectivity index is 2.11. The van der Waals surface area contributed by atoms with Crippen LogP contribution >= 0.6 is 22.7 Å². The first-order chi connectivity index (χ1) is 9.10. The van der Waals surface area contributed by atoms with E-state index in [1.54, 1.807) is 17.5 Å². The summed E-state index contributed by atoms with van der Waals surface area (Å²) in [5, 5.41) is 12.9. The summed E-state index contributed by atoms with van der Waals surface area (Å²) >= 11 is 2.26. The molecule has 8 heteroatoms. The van der Waals surface area contributed by atoms with Gasteiger partial charge in [0.2, 0.25) is 0 Å². The highest BCUT2D eigenvalue weighted by atomic mass is 32.1. The van der Waals surface area contributed by atoms with Crippen LogP contribution in [0.15, 0.2) is 17.6 Å². The fourth-order valence-corrected chi connectivity index (χ4v) is 2.68. The highest BCUT2D eigenvalue weighted by molar-refractivity contribution is 7.14. The maximum absolute atomic E-state index is 11.2. The molecule has 0 saturated heterocycles. The lowest BCUT2D eigenvalue weighted by Gasteiger charge is -1.90. The van der Waals surface area contributed by atoms with Gasteiger partial charge in [-0.1, -0.05) is 17.4 Å². The van der Waals surface area contributed by atoms with Gasteiger partial charge in [0, 0.05) is 11.4 Å². The molecule has 0 radical (unpaired) electrons. The van der Waals surface area contributed by atoms with E-state index in [0.717, 1.165) is 16.9 Å². The van der Waals surface area contributed by atoms with Gasteiger partial charge < -0.3 is 4.74 Å². The standard InChI is InChI=1S/C11H8N2O4S2/c1-17-11(14)8-5-12-9(19-8)3-2-7-4-10(13(15)16)18-6-7/h2-6H,1H3/b3-2-. The molecule has 0 aliphatic carbocycles. The quantitative estimate of drug-likeness (QED) is 0.492. The number of aromatic nitrogens is 1. The van der Waals surface area contributed by atoms with E-state index >= 15 is 0 Å². The number of thiazole rings is 1. The number of esters is 1. The van der Waals surface area contributed by atoms with Gasteiger partial charge >= 0.3 is 11.0 Å². The molecule has 0 aromatic carbocycles. The Morgan fingerprint density at radius 2 is 2.32 bits per heavy atom. The van der Waals surface area contributed by atoms with E-state index in [1.165, 1.54) is 30.7 Å². The van der Waals surface area contributed by atoms with Crippen LogP contribution in [0.1, 0.15) is 20.2 Å². The molecule has 0 fully saturated rings. The van der Waals surface area contributed by atoms with Crippen LogP contribution in [0, 0.1) is 10.1 Å². The van der Waals surface area contributed by atoms with E-state index in [2.05, 4.69) is 9.72 Å². The Morgan fingerprint density at radius 1 is 1.53 bits per heavy atom. The van der Waals surface area contributed by atoms with Crippen LogP contribution in [0.4, 0.5) is 5.00 Å². The highest BCUT2D eigenvalue weighted by Crippen LogP contribution is 2.24. The predicted octanol–water partition coefficient (Wildman–Crippen LogP) is 3.07. The van der Waals surface area contributed by atoms with Crippen molar-refractivity contribution in [3.63, 3.8) is 0 Å². The van der Waals surface area contributed by atoms with Gasteiger partial charge in [-0.2, -0.15) is 0 Å². The van der Waals surface area contributed by atoms with Gasteiger partial charge in [-0.25, -0.2) is 9.78 Å². The predicted molar refractivity (Wildman–Crippen MR) is 73.4 cm³/mol. The second kappa shape index (κ2) is 5.72. The van der Waals surface area contributed by atoms with E-state index in [4.69, 9.17) is 0 Å². The molecule has 19 heavy (non-hydrogen) atoms. The molecule has 6 nitrogen and oxygen atoms in total. The summed E-state index contributed by atoms with van der Waals surface area (Å²) in [5.74, 6) is -0.427. The Labute approximate surface area is 116 Å². The third kappa shape index (κ3) is 3.24. The average Bonchev–Trinajstić information content (AvgIpc) is 3.04. The van der Waals surface area contributed by atoms with Crippen molar-refractivity contribution in [2.24, 2.45) is 0 Å². The molecule has 0 bridgehead atoms. The van der Waals surface area contributed by atoms with Crippen molar-refractivity contribution in [2.75, 3.05) is 7.11 Å². The number of ether oxygens (including phenoxy) is 1. The number of nitro groups is 1. The number of hydrogen-bond acceptors (Lipinski definition) is 7.